The molecule has 6 rings (SSSR count). The molecule has 236 valence electrons. The van der Waals surface area contributed by atoms with Crippen LogP contribution in [0.25, 0.3) is 22.6 Å². The number of nitrogens with one attached hydrogen (secondary N) is 1. The van der Waals surface area contributed by atoms with Crippen LogP contribution in [0.5, 0.6) is 0 Å². The number of benzene rings is 1. The summed E-state index contributed by atoms with van der Waals surface area (Å²) in [5, 5.41) is 7.87. The van der Waals surface area contributed by atoms with Crippen LogP contribution in [0.2, 0.25) is 0 Å². The molecule has 5 aromatic rings. The van der Waals surface area contributed by atoms with Gasteiger partial charge in [-0.05, 0) is 71.2 Å². The summed E-state index contributed by atoms with van der Waals surface area (Å²) in [5.41, 5.74) is 7.14. The quantitative estimate of drug-likeness (QED) is 0.256. The van der Waals surface area contributed by atoms with Crippen LogP contribution < -0.4 is 9.62 Å². The van der Waals surface area contributed by atoms with Crippen molar-refractivity contribution in [2.24, 2.45) is 7.05 Å². The molecule has 0 bridgehead atoms. The van der Waals surface area contributed by atoms with Crippen molar-refractivity contribution in [3.63, 3.8) is 0 Å². The summed E-state index contributed by atoms with van der Waals surface area (Å²) in [4.78, 5) is 23.8. The van der Waals surface area contributed by atoms with Crippen molar-refractivity contribution >= 4 is 38.2 Å². The molecule has 1 aromatic carbocycles. The zero-order chi connectivity index (χ0) is 32.0. The molecule has 4 aromatic heterocycles. The third-order valence-corrected chi connectivity index (χ3v) is 9.35. The second kappa shape index (κ2) is 11.8. The number of hydrogen-bond acceptors (Lipinski definition) is 10. The monoisotopic (exact) mass is 630 g/mol. The lowest BCUT2D eigenvalue weighted by atomic mass is 10.1. The molecule has 14 heteroatoms. The number of hydrogen-bond donors (Lipinski definition) is 1. The van der Waals surface area contributed by atoms with Gasteiger partial charge in [-0.1, -0.05) is 0 Å². The topological polar surface area (TPSA) is 146 Å². The highest BCUT2D eigenvalue weighted by Gasteiger charge is 2.25. The second-order valence-corrected chi connectivity index (χ2v) is 13.6. The third-order valence-electron chi connectivity index (χ3n) is 8.16. The molecule has 1 aliphatic rings. The van der Waals surface area contributed by atoms with Gasteiger partial charge >= 0.3 is 0 Å². The van der Waals surface area contributed by atoms with E-state index in [1.807, 2.05) is 52.9 Å². The molecule has 13 nitrogen and oxygen atoms in total. The normalized spacial score (nSPS) is 15.5. The Morgan fingerprint density at radius 3 is 2.47 bits per heavy atom. The number of rotatable bonds is 8. The molecule has 1 N–H and O–H groups in total. The van der Waals surface area contributed by atoms with Crippen molar-refractivity contribution in [2.75, 3.05) is 29.5 Å². The lowest BCUT2D eigenvalue weighted by Crippen LogP contribution is -2.25. The first-order chi connectivity index (χ1) is 21.4. The van der Waals surface area contributed by atoms with E-state index in [9.17, 15) is 8.42 Å². The SMILES string of the molecule is Cc1nc(-c2ccc(Nc3cc(Cc4cnc(C)c(C)n4)nc4c3nc(C)n4C3CCCCO3)c(N(C)S(C)(=O)=O)c2)n(C)n1. The van der Waals surface area contributed by atoms with E-state index in [0.717, 1.165) is 53.4 Å². The van der Waals surface area contributed by atoms with Gasteiger partial charge in [0.2, 0.25) is 10.0 Å². The van der Waals surface area contributed by atoms with Gasteiger partial charge in [0.25, 0.3) is 0 Å². The van der Waals surface area contributed by atoms with Gasteiger partial charge in [-0.25, -0.2) is 28.1 Å². The van der Waals surface area contributed by atoms with Crippen molar-refractivity contribution in [3.05, 3.63) is 64.9 Å². The predicted molar refractivity (Wildman–Crippen MR) is 173 cm³/mol. The maximum Gasteiger partial charge on any atom is 0.232 e. The number of aryl methyl sites for hydroxylation is 5. The number of anilines is 3. The van der Waals surface area contributed by atoms with E-state index in [4.69, 9.17) is 19.7 Å². The first-order valence-corrected chi connectivity index (χ1v) is 16.8. The first-order valence-electron chi connectivity index (χ1n) is 14.9. The summed E-state index contributed by atoms with van der Waals surface area (Å²) in [6.45, 7) is 8.34. The summed E-state index contributed by atoms with van der Waals surface area (Å²) < 4.78 is 36.8. The summed E-state index contributed by atoms with van der Waals surface area (Å²) in [6, 6.07) is 7.50. The van der Waals surface area contributed by atoms with E-state index < -0.39 is 10.0 Å². The Balaban J connectivity index is 1.50. The maximum absolute atomic E-state index is 12.8. The fraction of sp³-hybridized carbons (Fsp3) is 0.419. The van der Waals surface area contributed by atoms with Crippen molar-refractivity contribution < 1.29 is 13.2 Å². The molecule has 45 heavy (non-hydrogen) atoms. The van der Waals surface area contributed by atoms with E-state index in [0.29, 0.717) is 52.9 Å². The minimum Gasteiger partial charge on any atom is -0.358 e. The molecule has 1 atom stereocenters. The van der Waals surface area contributed by atoms with Crippen LogP contribution in [-0.2, 0) is 28.2 Å². The molecule has 5 heterocycles. The third kappa shape index (κ3) is 6.12. The molecule has 1 unspecified atom stereocenters. The Labute approximate surface area is 262 Å². The molecule has 0 radical (unpaired) electrons. The van der Waals surface area contributed by atoms with Crippen LogP contribution in [0.3, 0.4) is 0 Å². The van der Waals surface area contributed by atoms with Crippen LogP contribution in [0.1, 0.15) is 59.9 Å². The summed E-state index contributed by atoms with van der Waals surface area (Å²) in [6.07, 6.45) is 6.20. The van der Waals surface area contributed by atoms with E-state index in [-0.39, 0.29) is 6.23 Å². The lowest BCUT2D eigenvalue weighted by molar-refractivity contribution is -0.0309. The highest BCUT2D eigenvalue weighted by molar-refractivity contribution is 7.92. The molecular weight excluding hydrogens is 592 g/mol. The minimum absolute atomic E-state index is 0.165. The van der Waals surface area contributed by atoms with Crippen molar-refractivity contribution in [1.82, 2.24) is 39.3 Å². The van der Waals surface area contributed by atoms with Crippen molar-refractivity contribution in [2.45, 2.75) is 59.6 Å². The molecular formula is C31H38N10O3S. The summed E-state index contributed by atoms with van der Waals surface area (Å²) >= 11 is 0. The zero-order valence-corrected chi connectivity index (χ0v) is 27.5. The fourth-order valence-corrected chi connectivity index (χ4v) is 6.18. The number of sulfonamides is 1. The minimum atomic E-state index is -3.60. The summed E-state index contributed by atoms with van der Waals surface area (Å²) in [5.74, 6) is 2.05. The molecule has 1 saturated heterocycles. The van der Waals surface area contributed by atoms with Crippen molar-refractivity contribution in [3.8, 4) is 11.4 Å². The number of ether oxygens (including phenoxy) is 1. The second-order valence-electron chi connectivity index (χ2n) is 11.6. The van der Waals surface area contributed by atoms with E-state index >= 15 is 0 Å². The van der Waals surface area contributed by atoms with Crippen molar-refractivity contribution in [1.29, 1.82) is 0 Å². The lowest BCUT2D eigenvalue weighted by Gasteiger charge is -2.25. The predicted octanol–water partition coefficient (Wildman–Crippen LogP) is 4.68. The van der Waals surface area contributed by atoms with Gasteiger partial charge in [0.1, 0.15) is 23.4 Å². The van der Waals surface area contributed by atoms with Gasteiger partial charge in [0, 0.05) is 38.9 Å². The van der Waals surface area contributed by atoms with Crippen LogP contribution in [0.4, 0.5) is 17.1 Å². The van der Waals surface area contributed by atoms with Crippen LogP contribution in [-0.4, -0.2) is 67.6 Å². The van der Waals surface area contributed by atoms with Gasteiger partial charge in [-0.2, -0.15) is 5.10 Å². The van der Waals surface area contributed by atoms with Crippen LogP contribution in [0, 0.1) is 27.7 Å². The fourth-order valence-electron chi connectivity index (χ4n) is 5.67. The number of imidazole rings is 1. The Morgan fingerprint density at radius 1 is 1.00 bits per heavy atom. The van der Waals surface area contributed by atoms with E-state index in [1.165, 1.54) is 17.6 Å². The summed E-state index contributed by atoms with van der Waals surface area (Å²) in [7, 11) is -0.259. The molecule has 1 fully saturated rings. The van der Waals surface area contributed by atoms with Gasteiger partial charge < -0.3 is 10.1 Å². The maximum atomic E-state index is 12.8. The van der Waals surface area contributed by atoms with E-state index in [1.54, 1.807) is 16.9 Å². The van der Waals surface area contributed by atoms with Crippen LogP contribution in [0.15, 0.2) is 30.5 Å². The zero-order valence-electron chi connectivity index (χ0n) is 26.7. The van der Waals surface area contributed by atoms with Crippen LogP contribution >= 0.6 is 0 Å². The largest absolute Gasteiger partial charge is 0.358 e. The van der Waals surface area contributed by atoms with E-state index in [2.05, 4.69) is 25.0 Å². The molecule has 0 aliphatic carbocycles. The average Bonchev–Trinajstić information content (AvgIpc) is 3.51. The standard InChI is InChI=1S/C31H38N10O3S/c1-18-19(2)33-24(17-32-18)15-23-16-26(29-31(36-23)41(21(4)35-29)28-10-8-9-13-44-28)37-25-12-11-22(30-34-20(3)38-39(30)5)14-27(25)40(6)45(7,42)43/h11-12,14,16-17,28H,8-10,13,15H2,1-7H3,(H,36,37). The first kappa shape index (κ1) is 30.6. The highest BCUT2D eigenvalue weighted by atomic mass is 32.2. The molecule has 0 saturated carbocycles. The van der Waals surface area contributed by atoms with Gasteiger partial charge in [-0.3, -0.25) is 18.8 Å². The Bertz CT molecular complexity index is 2010. The molecule has 1 aliphatic heterocycles. The van der Waals surface area contributed by atoms with Gasteiger partial charge in [0.05, 0.1) is 46.1 Å². The number of aromatic nitrogens is 8. The van der Waals surface area contributed by atoms with Gasteiger partial charge in [0.15, 0.2) is 11.5 Å². The molecule has 0 amide bonds. The number of nitrogens with zero attached hydrogens (tertiary/aromatic N) is 9. The molecule has 0 spiro atoms. The Morgan fingerprint density at radius 2 is 1.80 bits per heavy atom. The number of fused-ring (bicyclic) bond motifs is 1. The van der Waals surface area contributed by atoms with Gasteiger partial charge in [-0.15, -0.1) is 0 Å². The smallest absolute Gasteiger partial charge is 0.232 e. The number of pyridine rings is 1. The highest BCUT2D eigenvalue weighted by Crippen LogP contribution is 2.37. The average molecular weight is 631 g/mol. The Hall–Kier alpha value is -4.43. The Kier molecular flexibility index (Phi) is 8.04.